The van der Waals surface area contributed by atoms with E-state index in [1.807, 2.05) is 38.1 Å². The third-order valence-corrected chi connectivity index (χ3v) is 3.47. The van der Waals surface area contributed by atoms with E-state index >= 15 is 0 Å². The van der Waals surface area contributed by atoms with Crippen LogP contribution < -0.4 is 5.56 Å². The first-order chi connectivity index (χ1) is 9.99. The van der Waals surface area contributed by atoms with Crippen LogP contribution in [-0.2, 0) is 11.3 Å². The first-order valence-corrected chi connectivity index (χ1v) is 6.72. The van der Waals surface area contributed by atoms with E-state index in [-0.39, 0.29) is 11.5 Å². The SMILES string of the molecule is CC(C)c1nn(CC(=O)O)c(=O)c2c1[nH]c1ccccc12. The van der Waals surface area contributed by atoms with Crippen molar-refractivity contribution in [1.82, 2.24) is 14.8 Å². The van der Waals surface area contributed by atoms with Gasteiger partial charge >= 0.3 is 5.97 Å². The summed E-state index contributed by atoms with van der Waals surface area (Å²) >= 11 is 0. The van der Waals surface area contributed by atoms with Gasteiger partial charge in [0, 0.05) is 10.9 Å². The van der Waals surface area contributed by atoms with Gasteiger partial charge in [-0.05, 0) is 12.0 Å². The number of hydrogen-bond donors (Lipinski definition) is 2. The second-order valence-corrected chi connectivity index (χ2v) is 5.32. The lowest BCUT2D eigenvalue weighted by atomic mass is 10.1. The molecule has 0 spiro atoms. The largest absolute Gasteiger partial charge is 0.480 e. The maximum Gasteiger partial charge on any atom is 0.325 e. The molecule has 3 rings (SSSR count). The second kappa shape index (κ2) is 4.73. The number of nitrogens with one attached hydrogen (secondary N) is 1. The normalized spacial score (nSPS) is 11.6. The molecule has 2 N–H and O–H groups in total. The molecule has 0 bridgehead atoms. The maximum atomic E-state index is 12.5. The molecule has 0 atom stereocenters. The van der Waals surface area contributed by atoms with E-state index in [0.717, 1.165) is 15.6 Å². The molecule has 0 saturated carbocycles. The lowest BCUT2D eigenvalue weighted by molar-refractivity contribution is -0.138. The first kappa shape index (κ1) is 13.4. The summed E-state index contributed by atoms with van der Waals surface area (Å²) in [5.74, 6) is -1.01. The number of nitrogens with zero attached hydrogens (tertiary/aromatic N) is 2. The topological polar surface area (TPSA) is 88.0 Å². The number of carboxylic acid groups (broad SMARTS) is 1. The molecule has 3 aromatic rings. The number of H-pyrrole nitrogens is 1. The van der Waals surface area contributed by atoms with Crippen molar-refractivity contribution < 1.29 is 9.90 Å². The van der Waals surface area contributed by atoms with Gasteiger partial charge in [0.05, 0.1) is 16.6 Å². The minimum atomic E-state index is -1.08. The van der Waals surface area contributed by atoms with Crippen molar-refractivity contribution in [3.05, 3.63) is 40.3 Å². The molecule has 0 unspecified atom stereocenters. The fraction of sp³-hybridized carbons (Fsp3) is 0.267. The maximum absolute atomic E-state index is 12.5. The molecule has 6 heteroatoms. The predicted molar refractivity (Wildman–Crippen MR) is 79.6 cm³/mol. The molecule has 21 heavy (non-hydrogen) atoms. The van der Waals surface area contributed by atoms with Gasteiger partial charge in [0.15, 0.2) is 0 Å². The number of aromatic amines is 1. The smallest absolute Gasteiger partial charge is 0.325 e. The zero-order valence-corrected chi connectivity index (χ0v) is 11.8. The van der Waals surface area contributed by atoms with Gasteiger partial charge in [0.1, 0.15) is 6.54 Å². The number of fused-ring (bicyclic) bond motifs is 3. The Kier molecular flexibility index (Phi) is 3.01. The molecular weight excluding hydrogens is 270 g/mol. The Morgan fingerprint density at radius 1 is 1.38 bits per heavy atom. The minimum Gasteiger partial charge on any atom is -0.480 e. The van der Waals surface area contributed by atoms with Crippen LogP contribution in [0.15, 0.2) is 29.1 Å². The Hall–Kier alpha value is -2.63. The van der Waals surface area contributed by atoms with Crippen LogP contribution in [0.5, 0.6) is 0 Å². The van der Waals surface area contributed by atoms with E-state index < -0.39 is 12.5 Å². The van der Waals surface area contributed by atoms with Gasteiger partial charge in [0.2, 0.25) is 0 Å². The van der Waals surface area contributed by atoms with Crippen molar-refractivity contribution in [2.24, 2.45) is 0 Å². The van der Waals surface area contributed by atoms with Crippen LogP contribution in [0, 0.1) is 0 Å². The number of carbonyl (C=O) groups is 1. The van der Waals surface area contributed by atoms with Gasteiger partial charge in [-0.15, -0.1) is 0 Å². The summed E-state index contributed by atoms with van der Waals surface area (Å²) in [7, 11) is 0. The molecule has 0 aliphatic rings. The molecular formula is C15H15N3O3. The molecule has 0 aliphatic heterocycles. The third kappa shape index (κ3) is 2.08. The van der Waals surface area contributed by atoms with Gasteiger partial charge in [-0.25, -0.2) is 4.68 Å². The van der Waals surface area contributed by atoms with Crippen molar-refractivity contribution >= 4 is 27.8 Å². The van der Waals surface area contributed by atoms with Crippen LogP contribution in [0.1, 0.15) is 25.5 Å². The number of hydrogen-bond acceptors (Lipinski definition) is 3. The number of aliphatic carboxylic acids is 1. The fourth-order valence-electron chi connectivity index (χ4n) is 2.55. The van der Waals surface area contributed by atoms with E-state index in [9.17, 15) is 9.59 Å². The average Bonchev–Trinajstić information content (AvgIpc) is 2.80. The Morgan fingerprint density at radius 3 is 2.76 bits per heavy atom. The average molecular weight is 285 g/mol. The Labute approximate surface area is 120 Å². The highest BCUT2D eigenvalue weighted by Crippen LogP contribution is 2.27. The lowest BCUT2D eigenvalue weighted by Gasteiger charge is -2.09. The third-order valence-electron chi connectivity index (χ3n) is 3.47. The molecule has 0 radical (unpaired) electrons. The zero-order chi connectivity index (χ0) is 15.1. The van der Waals surface area contributed by atoms with Crippen molar-refractivity contribution in [2.45, 2.75) is 26.3 Å². The number of aromatic nitrogens is 3. The molecule has 0 amide bonds. The highest BCUT2D eigenvalue weighted by molar-refractivity contribution is 6.07. The van der Waals surface area contributed by atoms with Crippen LogP contribution in [0.2, 0.25) is 0 Å². The van der Waals surface area contributed by atoms with Crippen molar-refractivity contribution in [2.75, 3.05) is 0 Å². The number of para-hydroxylation sites is 1. The minimum absolute atomic E-state index is 0.0706. The highest BCUT2D eigenvalue weighted by atomic mass is 16.4. The van der Waals surface area contributed by atoms with Gasteiger partial charge in [-0.2, -0.15) is 5.10 Å². The Balaban J connectivity index is 2.47. The van der Waals surface area contributed by atoms with E-state index in [1.165, 1.54) is 0 Å². The second-order valence-electron chi connectivity index (χ2n) is 5.32. The van der Waals surface area contributed by atoms with Crippen LogP contribution in [0.4, 0.5) is 0 Å². The lowest BCUT2D eigenvalue weighted by Crippen LogP contribution is -2.28. The first-order valence-electron chi connectivity index (χ1n) is 6.72. The van der Waals surface area contributed by atoms with Crippen molar-refractivity contribution in [3.8, 4) is 0 Å². The van der Waals surface area contributed by atoms with E-state index in [2.05, 4.69) is 10.1 Å². The van der Waals surface area contributed by atoms with E-state index in [0.29, 0.717) is 16.6 Å². The standard InChI is InChI=1S/C15H15N3O3/c1-8(2)13-14-12(9-5-3-4-6-10(9)16-14)15(21)18(17-13)7-11(19)20/h3-6,8,16H,7H2,1-2H3,(H,19,20). The summed E-state index contributed by atoms with van der Waals surface area (Å²) in [6.45, 7) is 3.49. The molecule has 0 aliphatic carbocycles. The zero-order valence-electron chi connectivity index (χ0n) is 11.8. The Morgan fingerprint density at radius 2 is 2.10 bits per heavy atom. The molecule has 2 heterocycles. The van der Waals surface area contributed by atoms with Crippen LogP contribution >= 0.6 is 0 Å². The molecule has 6 nitrogen and oxygen atoms in total. The van der Waals surface area contributed by atoms with Gasteiger partial charge < -0.3 is 10.1 Å². The predicted octanol–water partition coefficient (Wildman–Crippen LogP) is 2.09. The summed E-state index contributed by atoms with van der Waals surface area (Å²) < 4.78 is 1.03. The highest BCUT2D eigenvalue weighted by Gasteiger charge is 2.18. The quantitative estimate of drug-likeness (QED) is 0.771. The summed E-state index contributed by atoms with van der Waals surface area (Å²) in [5.41, 5.74) is 1.86. The summed E-state index contributed by atoms with van der Waals surface area (Å²) in [4.78, 5) is 26.7. The number of carboxylic acids is 1. The number of rotatable bonds is 3. The van der Waals surface area contributed by atoms with E-state index in [1.54, 1.807) is 0 Å². The molecule has 108 valence electrons. The summed E-state index contributed by atoms with van der Waals surface area (Å²) in [6, 6.07) is 7.48. The molecule has 0 fully saturated rings. The van der Waals surface area contributed by atoms with Gasteiger partial charge in [-0.1, -0.05) is 32.0 Å². The van der Waals surface area contributed by atoms with Crippen molar-refractivity contribution in [3.63, 3.8) is 0 Å². The van der Waals surface area contributed by atoms with E-state index in [4.69, 9.17) is 5.11 Å². The van der Waals surface area contributed by atoms with Gasteiger partial charge in [-0.3, -0.25) is 9.59 Å². The van der Waals surface area contributed by atoms with Crippen LogP contribution in [0.25, 0.3) is 21.8 Å². The van der Waals surface area contributed by atoms with Gasteiger partial charge in [0.25, 0.3) is 5.56 Å². The molecule has 0 saturated heterocycles. The monoisotopic (exact) mass is 285 g/mol. The molecule has 1 aromatic carbocycles. The Bertz CT molecular complexity index is 906. The fourth-order valence-corrected chi connectivity index (χ4v) is 2.55. The summed E-state index contributed by atoms with van der Waals surface area (Å²) in [6.07, 6.45) is 0. The van der Waals surface area contributed by atoms with Crippen molar-refractivity contribution in [1.29, 1.82) is 0 Å². The molecule has 2 aromatic heterocycles. The number of benzene rings is 1. The summed E-state index contributed by atoms with van der Waals surface area (Å²) in [5, 5.41) is 14.5. The van der Waals surface area contributed by atoms with Crippen LogP contribution in [-0.4, -0.2) is 25.8 Å². The van der Waals surface area contributed by atoms with Crippen LogP contribution in [0.3, 0.4) is 0 Å².